The maximum absolute atomic E-state index is 11.7. The van der Waals surface area contributed by atoms with Crippen molar-refractivity contribution in [3.63, 3.8) is 0 Å². The van der Waals surface area contributed by atoms with Crippen molar-refractivity contribution in [3.8, 4) is 0 Å². The second-order valence-electron chi connectivity index (χ2n) is 6.35. The van der Waals surface area contributed by atoms with Gasteiger partial charge in [-0.1, -0.05) is 0 Å². The van der Waals surface area contributed by atoms with Crippen molar-refractivity contribution in [2.45, 2.75) is 60.3 Å². The molecule has 0 radical (unpaired) electrons. The maximum atomic E-state index is 11.7. The molecule has 0 rings (SSSR count). The van der Waals surface area contributed by atoms with Gasteiger partial charge in [0.1, 0.15) is 0 Å². The Morgan fingerprint density at radius 3 is 1.46 bits per heavy atom. The van der Waals surface area contributed by atoms with E-state index in [0.29, 0.717) is 0 Å². The summed E-state index contributed by atoms with van der Waals surface area (Å²) < 4.78 is 15.3. The Morgan fingerprint density at radius 2 is 1.17 bits per heavy atom. The first-order valence-electron chi connectivity index (χ1n) is 8.17. The molecule has 0 aromatic carbocycles. The second kappa shape index (κ2) is 12.5. The van der Waals surface area contributed by atoms with Gasteiger partial charge in [0, 0.05) is 0 Å². The Hall–Kier alpha value is -0.890. The van der Waals surface area contributed by atoms with Crippen molar-refractivity contribution in [3.05, 3.63) is 0 Å². The Labute approximate surface area is 152 Å². The molecule has 0 heterocycles. The molecule has 0 unspecified atom stereocenters. The van der Waals surface area contributed by atoms with Crippen LogP contribution in [0.25, 0.3) is 0 Å². The number of hydrogen-bond donors (Lipinski definition) is 0. The Bertz CT molecular complexity index is 408. The zero-order valence-corrected chi connectivity index (χ0v) is 18.4. The molecule has 0 aliphatic heterocycles. The number of hydrogen-bond acceptors (Lipinski definition) is 7. The van der Waals surface area contributed by atoms with Gasteiger partial charge in [-0.05, 0) is 0 Å². The predicted molar refractivity (Wildman–Crippen MR) is 87.7 cm³/mol. The zero-order valence-electron chi connectivity index (χ0n) is 15.1. The molecule has 24 heavy (non-hydrogen) atoms. The summed E-state index contributed by atoms with van der Waals surface area (Å²) in [6.45, 7) is 9.41. The van der Waals surface area contributed by atoms with E-state index in [-0.39, 0.29) is 55.7 Å². The number of ketones is 2. The van der Waals surface area contributed by atoms with E-state index in [0.717, 1.165) is 0 Å². The van der Waals surface area contributed by atoms with Crippen molar-refractivity contribution in [2.24, 2.45) is 11.8 Å². The first-order chi connectivity index (χ1) is 11.1. The van der Waals surface area contributed by atoms with Crippen molar-refractivity contribution >= 4 is 46.3 Å². The van der Waals surface area contributed by atoms with Crippen molar-refractivity contribution < 1.29 is 27.7 Å². The Balaban J connectivity index is 4.42. The van der Waals surface area contributed by atoms with Gasteiger partial charge in [0.15, 0.2) is 0 Å². The van der Waals surface area contributed by atoms with Gasteiger partial charge in [-0.3, -0.25) is 0 Å². The van der Waals surface area contributed by atoms with Crippen molar-refractivity contribution in [2.75, 3.05) is 6.61 Å². The fourth-order valence-corrected chi connectivity index (χ4v) is 4.91. The molecule has 136 valence electrons. The molecule has 0 amide bonds. The molecule has 0 saturated heterocycles. The normalized spacial score (nSPS) is 10.6. The summed E-state index contributed by atoms with van der Waals surface area (Å²) in [4.78, 5) is 46.7. The topological polar surface area (TPSA) is 96.0 Å². The molecule has 7 nitrogen and oxygen atoms in total. The number of carbonyl (C=O) groups is 4. The van der Waals surface area contributed by atoms with Gasteiger partial charge in [-0.25, -0.2) is 0 Å². The molecule has 8 heteroatoms. The van der Waals surface area contributed by atoms with Gasteiger partial charge < -0.3 is 0 Å². The van der Waals surface area contributed by atoms with Crippen LogP contribution >= 0.6 is 0 Å². The first kappa shape index (κ1) is 23.1. The zero-order chi connectivity index (χ0) is 18.7. The third-order valence-electron chi connectivity index (χ3n) is 2.71. The predicted octanol–water partition coefficient (Wildman–Crippen LogP) is 2.10. The molecule has 0 bridgehead atoms. The molecule has 0 fully saturated rings. The van der Waals surface area contributed by atoms with Crippen LogP contribution in [0.5, 0.6) is 0 Å². The molecule has 0 aromatic heterocycles. The van der Waals surface area contributed by atoms with E-state index in [1.54, 1.807) is 6.92 Å². The van der Waals surface area contributed by atoms with E-state index in [1.807, 2.05) is 27.7 Å². The fourth-order valence-electron chi connectivity index (χ4n) is 1.90. The average molecular weight is 446 g/mol. The molecule has 0 aliphatic rings. The summed E-state index contributed by atoms with van der Waals surface area (Å²) in [7, 11) is 0. The Morgan fingerprint density at radius 1 is 0.792 bits per heavy atom. The van der Waals surface area contributed by atoms with Gasteiger partial charge in [-0.15, -0.1) is 0 Å². The van der Waals surface area contributed by atoms with Gasteiger partial charge >= 0.3 is 153 Å². The quantitative estimate of drug-likeness (QED) is 0.424. The van der Waals surface area contributed by atoms with Crippen LogP contribution in [-0.4, -0.2) is 52.9 Å². The van der Waals surface area contributed by atoms with Crippen molar-refractivity contribution in [1.82, 2.24) is 0 Å². The van der Waals surface area contributed by atoms with Crippen LogP contribution in [-0.2, 0) is 27.7 Å². The number of rotatable bonds is 12. The first-order valence-corrected chi connectivity index (χ1v) is 12.2. The summed E-state index contributed by atoms with van der Waals surface area (Å²) in [6, 6.07) is 0. The van der Waals surface area contributed by atoms with E-state index in [4.69, 9.17) is 8.56 Å². The van der Waals surface area contributed by atoms with E-state index < -0.39 is 34.7 Å². The minimum atomic E-state index is -3.81. The third kappa shape index (κ3) is 12.5. The molecule has 0 atom stereocenters. The van der Waals surface area contributed by atoms with Crippen molar-refractivity contribution in [1.29, 1.82) is 0 Å². The summed E-state index contributed by atoms with van der Waals surface area (Å²) in [5, 5.41) is 0. The van der Waals surface area contributed by atoms with E-state index in [9.17, 15) is 19.2 Å². The van der Waals surface area contributed by atoms with E-state index >= 15 is 0 Å². The van der Waals surface area contributed by atoms with Crippen LogP contribution in [0.2, 0.25) is 0 Å². The SMILES string of the molecule is CC[O][In]([O]C(=O)CC(=O)CC(C)C)[O]C(=O)CC(=O)CC(C)C. The fraction of sp³-hybridized carbons (Fsp3) is 0.750. The van der Waals surface area contributed by atoms with Crippen LogP contribution in [0.15, 0.2) is 0 Å². The third-order valence-corrected chi connectivity index (χ3v) is 7.04. The van der Waals surface area contributed by atoms with E-state index in [2.05, 4.69) is 0 Å². The van der Waals surface area contributed by atoms with Gasteiger partial charge in [0.2, 0.25) is 0 Å². The average Bonchev–Trinajstić information content (AvgIpc) is 2.35. The molecule has 0 saturated carbocycles. The molecule has 0 aliphatic carbocycles. The van der Waals surface area contributed by atoms with Crippen LogP contribution in [0.1, 0.15) is 60.3 Å². The molecular weight excluding hydrogens is 419 g/mol. The summed E-state index contributed by atoms with van der Waals surface area (Å²) in [5.74, 6) is -1.63. The second-order valence-corrected chi connectivity index (χ2v) is 10.3. The Kier molecular flexibility index (Phi) is 12.0. The molecular formula is C16H27InO7. The van der Waals surface area contributed by atoms with Gasteiger partial charge in [0.05, 0.1) is 0 Å². The number of Topliss-reactive ketones (excluding diaryl/α,β-unsaturated/α-hetero) is 2. The van der Waals surface area contributed by atoms with E-state index in [1.165, 1.54) is 0 Å². The molecule has 0 N–H and O–H groups in total. The summed E-state index contributed by atoms with van der Waals surface area (Å²) >= 11 is -3.81. The van der Waals surface area contributed by atoms with Crippen LogP contribution in [0.4, 0.5) is 0 Å². The van der Waals surface area contributed by atoms with Gasteiger partial charge in [0.25, 0.3) is 0 Å². The summed E-state index contributed by atoms with van der Waals surface area (Å²) in [6.07, 6.45) is -0.147. The standard InChI is InChI=1S/2C7H12O3.C2H5O.In/c2*1-5(2)3-6(8)4-7(9)10;1-2-3;/h2*5H,3-4H2,1-2H3,(H,9,10);2H2,1H3;/q;;-1;+3/p-2. The molecule has 0 aromatic rings. The molecule has 0 spiro atoms. The van der Waals surface area contributed by atoms with Crippen LogP contribution < -0.4 is 0 Å². The van der Waals surface area contributed by atoms with Crippen LogP contribution in [0.3, 0.4) is 0 Å². The number of carbonyl (C=O) groups excluding carboxylic acids is 4. The minimum absolute atomic E-state index is 0.154. The monoisotopic (exact) mass is 446 g/mol. The summed E-state index contributed by atoms with van der Waals surface area (Å²) in [5.41, 5.74) is 0. The van der Waals surface area contributed by atoms with Crippen LogP contribution in [0, 0.1) is 11.8 Å². The van der Waals surface area contributed by atoms with Gasteiger partial charge in [-0.2, -0.15) is 0 Å².